The molecular weight excluding hydrogens is 161 g/mol. The molecule has 0 fully saturated rings. The highest BCUT2D eigenvalue weighted by Crippen LogP contribution is 2.21. The monoisotopic (exact) mass is 168 g/mol. The van der Waals surface area contributed by atoms with E-state index in [1.54, 1.807) is 0 Å². The first kappa shape index (κ1) is 8.32. The van der Waals surface area contributed by atoms with E-state index < -0.39 is 12.6 Å². The number of hydrazone groups is 1. The van der Waals surface area contributed by atoms with Crippen LogP contribution in [0.1, 0.15) is 6.42 Å². The van der Waals surface area contributed by atoms with Gasteiger partial charge in [-0.25, -0.2) is 0 Å². The van der Waals surface area contributed by atoms with Gasteiger partial charge in [0.1, 0.15) is 0 Å². The molecule has 1 aliphatic rings. The molecule has 0 aliphatic carbocycles. The summed E-state index contributed by atoms with van der Waals surface area (Å²) in [5.74, 6) is 0. The lowest BCUT2D eigenvalue weighted by Gasteiger charge is -2.13. The van der Waals surface area contributed by atoms with Crippen molar-refractivity contribution in [3.63, 3.8) is 0 Å². The van der Waals surface area contributed by atoms with E-state index in [0.717, 1.165) is 5.01 Å². The van der Waals surface area contributed by atoms with Crippen molar-refractivity contribution in [2.24, 2.45) is 0 Å². The molecule has 0 N–H and O–H groups in total. The summed E-state index contributed by atoms with van der Waals surface area (Å²) in [5, 5.41) is 4.72. The molecule has 1 radical (unpaired) electrons. The van der Waals surface area contributed by atoms with Crippen LogP contribution in [0.2, 0.25) is 0 Å². The molecule has 0 saturated carbocycles. The third-order valence-electron chi connectivity index (χ3n) is 1.26. The van der Waals surface area contributed by atoms with Crippen molar-refractivity contribution < 1.29 is 17.9 Å². The Balaban J connectivity index is 2.40. The molecule has 1 atom stereocenters. The van der Waals surface area contributed by atoms with Crippen LogP contribution in [0.5, 0.6) is 0 Å². The summed E-state index contributed by atoms with van der Waals surface area (Å²) >= 11 is 0. The Hall–Kier alpha value is -0.780. The standard InChI is InChI=1S/C5H7F3N2O/c1-10-4(2-3-9-10)11-5(6,7)8/h3-4H,2H2,1H3/q+1. The maximum atomic E-state index is 11.6. The van der Waals surface area contributed by atoms with E-state index >= 15 is 0 Å². The maximum absolute atomic E-state index is 11.6. The van der Waals surface area contributed by atoms with Crippen molar-refractivity contribution in [2.75, 3.05) is 7.05 Å². The van der Waals surface area contributed by atoms with Crippen molar-refractivity contribution in [3.8, 4) is 0 Å². The zero-order valence-corrected chi connectivity index (χ0v) is 5.80. The van der Waals surface area contributed by atoms with Gasteiger partial charge in [0.2, 0.25) is 6.23 Å². The molecule has 0 aromatic carbocycles. The van der Waals surface area contributed by atoms with E-state index in [0.29, 0.717) is 0 Å². The molecule has 1 aliphatic heterocycles. The second-order valence-corrected chi connectivity index (χ2v) is 2.13. The highest BCUT2D eigenvalue weighted by Gasteiger charge is 2.40. The van der Waals surface area contributed by atoms with Crippen LogP contribution in [-0.2, 0) is 4.74 Å². The van der Waals surface area contributed by atoms with E-state index in [4.69, 9.17) is 0 Å². The Kier molecular flexibility index (Phi) is 2.03. The van der Waals surface area contributed by atoms with E-state index in [2.05, 4.69) is 9.84 Å². The zero-order chi connectivity index (χ0) is 8.48. The molecular formula is C5H7F3N2O+. The predicted molar refractivity (Wildman–Crippen MR) is 31.5 cm³/mol. The smallest absolute Gasteiger partial charge is 0.262 e. The summed E-state index contributed by atoms with van der Waals surface area (Å²) in [6.45, 7) is 0. The van der Waals surface area contributed by atoms with Crippen molar-refractivity contribution in [1.82, 2.24) is 10.1 Å². The highest BCUT2D eigenvalue weighted by molar-refractivity contribution is 5.57. The summed E-state index contributed by atoms with van der Waals surface area (Å²) in [6, 6.07) is 0. The number of halogens is 3. The molecule has 0 aromatic heterocycles. The van der Waals surface area contributed by atoms with Gasteiger partial charge in [-0.15, -0.1) is 13.2 Å². The Bertz CT molecular complexity index is 168. The first-order valence-corrected chi connectivity index (χ1v) is 2.99. The molecule has 1 unspecified atom stereocenters. The number of hydrogen-bond acceptors (Lipinski definition) is 3. The van der Waals surface area contributed by atoms with Crippen molar-refractivity contribution in [2.45, 2.75) is 19.0 Å². The molecule has 0 saturated heterocycles. The maximum Gasteiger partial charge on any atom is 0.524 e. The zero-order valence-electron chi connectivity index (χ0n) is 5.80. The Morgan fingerprint density at radius 3 is 2.64 bits per heavy atom. The highest BCUT2D eigenvalue weighted by atomic mass is 19.4. The minimum Gasteiger partial charge on any atom is -0.262 e. The van der Waals surface area contributed by atoms with Gasteiger partial charge < -0.3 is 0 Å². The molecule has 1 rings (SSSR count). The molecule has 0 spiro atoms. The van der Waals surface area contributed by atoms with Gasteiger partial charge in [-0.05, 0) is 0 Å². The lowest BCUT2D eigenvalue weighted by Crippen LogP contribution is -2.34. The average Bonchev–Trinajstić information content (AvgIpc) is 2.12. The van der Waals surface area contributed by atoms with E-state index in [1.807, 2.05) is 0 Å². The first-order chi connectivity index (χ1) is 4.99. The van der Waals surface area contributed by atoms with Crippen molar-refractivity contribution in [3.05, 3.63) is 0 Å². The van der Waals surface area contributed by atoms with E-state index in [9.17, 15) is 13.2 Å². The Morgan fingerprint density at radius 2 is 2.27 bits per heavy atom. The molecule has 11 heavy (non-hydrogen) atoms. The van der Waals surface area contributed by atoms with Crippen LogP contribution in [0.3, 0.4) is 0 Å². The minimum absolute atomic E-state index is 0.177. The summed E-state index contributed by atoms with van der Waals surface area (Å²) in [4.78, 5) is 0. The normalized spacial score (nSPS) is 24.7. The first-order valence-electron chi connectivity index (χ1n) is 2.99. The lowest BCUT2D eigenvalue weighted by atomic mass is 10.4. The van der Waals surface area contributed by atoms with Gasteiger partial charge in [-0.3, -0.25) is 4.74 Å². The third-order valence-corrected chi connectivity index (χ3v) is 1.26. The molecule has 0 amide bonds. The van der Waals surface area contributed by atoms with Crippen LogP contribution >= 0.6 is 0 Å². The summed E-state index contributed by atoms with van der Waals surface area (Å²) in [5.41, 5.74) is 0. The molecule has 0 aromatic rings. The van der Waals surface area contributed by atoms with Crippen molar-refractivity contribution >= 4 is 6.21 Å². The van der Waals surface area contributed by atoms with E-state index in [1.165, 1.54) is 13.3 Å². The van der Waals surface area contributed by atoms with Gasteiger partial charge in [-0.2, -0.15) is 0 Å². The number of hydrogen-bond donors (Lipinski definition) is 0. The molecule has 6 heteroatoms. The molecule has 1 heterocycles. The average molecular weight is 168 g/mol. The van der Waals surface area contributed by atoms with Gasteiger partial charge in [0, 0.05) is 0 Å². The summed E-state index contributed by atoms with van der Waals surface area (Å²) in [7, 11) is 1.43. The number of nitrogens with zero attached hydrogens (tertiary/aromatic N) is 2. The van der Waals surface area contributed by atoms with Gasteiger partial charge >= 0.3 is 6.36 Å². The van der Waals surface area contributed by atoms with Crippen LogP contribution < -0.4 is 5.10 Å². The fraction of sp³-hybridized carbons (Fsp3) is 0.800. The lowest BCUT2D eigenvalue weighted by molar-refractivity contribution is -0.357. The van der Waals surface area contributed by atoms with Gasteiger partial charge in [0.15, 0.2) is 5.10 Å². The summed E-state index contributed by atoms with van der Waals surface area (Å²) in [6.07, 6.45) is -4.01. The number of alkyl halides is 3. The predicted octanol–water partition coefficient (Wildman–Crippen LogP) is 0.506. The minimum atomic E-state index is -4.58. The summed E-state index contributed by atoms with van der Waals surface area (Å²) < 4.78 is 38.4. The fourth-order valence-corrected chi connectivity index (χ4v) is 0.772. The van der Waals surface area contributed by atoms with Gasteiger partial charge in [0.25, 0.3) is 6.21 Å². The quantitative estimate of drug-likeness (QED) is 0.570. The van der Waals surface area contributed by atoms with Crippen LogP contribution in [-0.4, -0.2) is 30.9 Å². The van der Waals surface area contributed by atoms with Gasteiger partial charge in [0.05, 0.1) is 13.5 Å². The van der Waals surface area contributed by atoms with Crippen molar-refractivity contribution in [1.29, 1.82) is 0 Å². The van der Waals surface area contributed by atoms with Crippen LogP contribution in [0.15, 0.2) is 0 Å². The van der Waals surface area contributed by atoms with E-state index in [-0.39, 0.29) is 6.42 Å². The molecule has 3 nitrogen and oxygen atoms in total. The number of rotatable bonds is 1. The van der Waals surface area contributed by atoms with Gasteiger partial charge in [-0.1, -0.05) is 5.01 Å². The molecule has 63 valence electrons. The van der Waals surface area contributed by atoms with Crippen LogP contribution in [0.4, 0.5) is 13.2 Å². The largest absolute Gasteiger partial charge is 0.524 e. The third kappa shape index (κ3) is 2.38. The van der Waals surface area contributed by atoms with Crippen LogP contribution in [0.25, 0.3) is 0 Å². The Labute approximate surface area is 61.4 Å². The second-order valence-electron chi connectivity index (χ2n) is 2.13. The second kappa shape index (κ2) is 2.69. The SMILES string of the molecule is CN1[N+]=CCC1OC(F)(F)F. The Morgan fingerprint density at radius 1 is 1.64 bits per heavy atom. The fourth-order valence-electron chi connectivity index (χ4n) is 0.772. The topological polar surface area (TPSA) is 26.6 Å². The number of ether oxygens (including phenoxy) is 1. The molecule has 0 bridgehead atoms. The van der Waals surface area contributed by atoms with Crippen LogP contribution in [0, 0.1) is 0 Å².